The summed E-state index contributed by atoms with van der Waals surface area (Å²) in [4.78, 5) is 25.4. The third-order valence-electron chi connectivity index (χ3n) is 5.08. The molecule has 2 aromatic carbocycles. The van der Waals surface area contributed by atoms with Crippen LogP contribution in [0.3, 0.4) is 0 Å². The van der Waals surface area contributed by atoms with Crippen molar-refractivity contribution in [3.05, 3.63) is 76.2 Å². The van der Waals surface area contributed by atoms with Crippen LogP contribution >= 0.6 is 23.1 Å². The Morgan fingerprint density at radius 1 is 1.06 bits per heavy atom. The van der Waals surface area contributed by atoms with Gasteiger partial charge < -0.3 is 10.6 Å². The van der Waals surface area contributed by atoms with Gasteiger partial charge in [-0.15, -0.1) is 10.2 Å². The molecule has 0 aliphatic heterocycles. The molecule has 33 heavy (non-hydrogen) atoms. The number of thioether (sulfide) groups is 1. The zero-order chi connectivity index (χ0) is 23.4. The van der Waals surface area contributed by atoms with Crippen molar-refractivity contribution in [1.82, 2.24) is 19.6 Å². The van der Waals surface area contributed by atoms with Crippen molar-refractivity contribution < 1.29 is 4.79 Å². The van der Waals surface area contributed by atoms with E-state index in [4.69, 9.17) is 0 Å². The lowest BCUT2D eigenvalue weighted by Crippen LogP contribution is -2.23. The van der Waals surface area contributed by atoms with Crippen LogP contribution < -0.4 is 16.2 Å². The summed E-state index contributed by atoms with van der Waals surface area (Å²) in [7, 11) is 1.80. The minimum atomic E-state index is -0.252. The van der Waals surface area contributed by atoms with Crippen molar-refractivity contribution in [2.24, 2.45) is 7.05 Å². The van der Waals surface area contributed by atoms with Crippen LogP contribution in [0, 0.1) is 13.8 Å². The summed E-state index contributed by atoms with van der Waals surface area (Å²) >= 11 is 2.90. The molecule has 10 heteroatoms. The van der Waals surface area contributed by atoms with E-state index in [0.717, 1.165) is 15.7 Å². The Labute approximate surface area is 199 Å². The maximum Gasteiger partial charge on any atom is 0.295 e. The molecule has 0 aliphatic rings. The lowest BCUT2D eigenvalue weighted by atomic mass is 10.2. The molecule has 0 saturated carbocycles. The van der Waals surface area contributed by atoms with E-state index in [-0.39, 0.29) is 17.9 Å². The van der Waals surface area contributed by atoms with Gasteiger partial charge in [-0.05, 0) is 38.1 Å². The second-order valence-electron chi connectivity index (χ2n) is 7.45. The Morgan fingerprint density at radius 2 is 1.79 bits per heavy atom. The molecule has 0 bridgehead atoms. The minimum absolute atomic E-state index is 0.212. The van der Waals surface area contributed by atoms with E-state index in [1.165, 1.54) is 28.7 Å². The standard InChI is InChI=1S/C23H24N6O2S2/c1-15-9-11-17(12-10-15)24-22-26-27-23(33-22)32-14-13-19(30)25-20-16(2)28(3)29(21(20)31)18-7-5-4-6-8-18/h4-12H,13-14H2,1-3H3,(H,24,26)(H,25,30). The molecule has 0 unspecified atom stereocenters. The second-order valence-corrected chi connectivity index (χ2v) is 9.77. The Kier molecular flexibility index (Phi) is 6.95. The number of benzene rings is 2. The van der Waals surface area contributed by atoms with Gasteiger partial charge in [-0.1, -0.05) is 59.0 Å². The molecule has 0 spiro atoms. The van der Waals surface area contributed by atoms with Crippen molar-refractivity contribution in [3.8, 4) is 5.69 Å². The van der Waals surface area contributed by atoms with Gasteiger partial charge in [0.1, 0.15) is 5.69 Å². The van der Waals surface area contributed by atoms with Crippen LogP contribution in [0.4, 0.5) is 16.5 Å². The number of anilines is 3. The van der Waals surface area contributed by atoms with Crippen LogP contribution in [-0.4, -0.2) is 31.2 Å². The van der Waals surface area contributed by atoms with Crippen molar-refractivity contribution in [3.63, 3.8) is 0 Å². The number of hydrogen-bond donors (Lipinski definition) is 2. The fraction of sp³-hybridized carbons (Fsp3) is 0.217. The van der Waals surface area contributed by atoms with Crippen molar-refractivity contribution in [2.45, 2.75) is 24.6 Å². The first-order valence-corrected chi connectivity index (χ1v) is 12.2. The first-order valence-electron chi connectivity index (χ1n) is 10.4. The highest BCUT2D eigenvalue weighted by Crippen LogP contribution is 2.28. The molecule has 4 aromatic rings. The van der Waals surface area contributed by atoms with Crippen LogP contribution in [0.5, 0.6) is 0 Å². The van der Waals surface area contributed by atoms with Gasteiger partial charge in [0.15, 0.2) is 4.34 Å². The zero-order valence-electron chi connectivity index (χ0n) is 18.5. The Hall–Kier alpha value is -3.37. The van der Waals surface area contributed by atoms with Gasteiger partial charge in [0, 0.05) is 24.9 Å². The number of nitrogens with one attached hydrogen (secondary N) is 2. The Balaban J connectivity index is 1.33. The summed E-state index contributed by atoms with van der Waals surface area (Å²) in [5, 5.41) is 15.0. The molecule has 2 N–H and O–H groups in total. The molecule has 0 saturated heterocycles. The number of amides is 1. The van der Waals surface area contributed by atoms with Gasteiger partial charge in [-0.3, -0.25) is 14.3 Å². The lowest BCUT2D eigenvalue weighted by Gasteiger charge is -2.07. The average molecular weight is 481 g/mol. The normalized spacial score (nSPS) is 10.9. The number of hydrogen-bond acceptors (Lipinski definition) is 7. The summed E-state index contributed by atoms with van der Waals surface area (Å²) < 4.78 is 4.06. The molecule has 1 amide bonds. The van der Waals surface area contributed by atoms with E-state index in [1.54, 1.807) is 16.4 Å². The maximum atomic E-state index is 12.9. The van der Waals surface area contributed by atoms with Gasteiger partial charge >= 0.3 is 0 Å². The van der Waals surface area contributed by atoms with E-state index in [1.807, 2.05) is 68.4 Å². The molecule has 0 fully saturated rings. The first kappa shape index (κ1) is 22.8. The molecule has 8 nitrogen and oxygen atoms in total. The molecule has 0 aliphatic carbocycles. The van der Waals surface area contributed by atoms with Gasteiger partial charge in [-0.25, -0.2) is 4.68 Å². The summed E-state index contributed by atoms with van der Waals surface area (Å²) in [6.45, 7) is 3.85. The predicted molar refractivity (Wildman–Crippen MR) is 134 cm³/mol. The number of nitrogens with zero attached hydrogens (tertiary/aromatic N) is 4. The summed E-state index contributed by atoms with van der Waals surface area (Å²) in [5.41, 5.74) is 3.63. The SMILES string of the molecule is Cc1ccc(Nc2nnc(SCCC(=O)Nc3c(C)n(C)n(-c4ccccc4)c3=O)s2)cc1. The first-order chi connectivity index (χ1) is 15.9. The summed E-state index contributed by atoms with van der Waals surface area (Å²) in [6, 6.07) is 17.4. The topological polar surface area (TPSA) is 93.8 Å². The fourth-order valence-corrected chi connectivity index (χ4v) is 5.00. The third kappa shape index (κ3) is 5.35. The predicted octanol–water partition coefficient (Wildman–Crippen LogP) is 4.51. The molecule has 170 valence electrons. The van der Waals surface area contributed by atoms with E-state index in [0.29, 0.717) is 22.3 Å². The average Bonchev–Trinajstić information content (AvgIpc) is 3.33. The molecule has 2 heterocycles. The van der Waals surface area contributed by atoms with Gasteiger partial charge in [0.2, 0.25) is 11.0 Å². The van der Waals surface area contributed by atoms with E-state index >= 15 is 0 Å². The van der Waals surface area contributed by atoms with Crippen LogP contribution in [0.2, 0.25) is 0 Å². The highest BCUT2D eigenvalue weighted by atomic mass is 32.2. The monoisotopic (exact) mass is 480 g/mol. The maximum absolute atomic E-state index is 12.9. The number of aryl methyl sites for hydroxylation is 1. The van der Waals surface area contributed by atoms with Crippen molar-refractivity contribution in [1.29, 1.82) is 0 Å². The Morgan fingerprint density at radius 3 is 2.52 bits per heavy atom. The fourth-order valence-electron chi connectivity index (χ4n) is 3.22. The van der Waals surface area contributed by atoms with Gasteiger partial charge in [0.25, 0.3) is 5.56 Å². The lowest BCUT2D eigenvalue weighted by molar-refractivity contribution is -0.115. The Bertz CT molecular complexity index is 1310. The number of carbonyl (C=O) groups excluding carboxylic acids is 1. The highest BCUT2D eigenvalue weighted by Gasteiger charge is 2.18. The second kappa shape index (κ2) is 10.1. The van der Waals surface area contributed by atoms with E-state index in [2.05, 4.69) is 20.8 Å². The largest absolute Gasteiger partial charge is 0.330 e. The molecular formula is C23H24N6O2S2. The minimum Gasteiger partial charge on any atom is -0.330 e. The number of aromatic nitrogens is 4. The molecule has 0 atom stereocenters. The number of para-hydroxylation sites is 1. The summed E-state index contributed by atoms with van der Waals surface area (Å²) in [5.74, 6) is 0.319. The van der Waals surface area contributed by atoms with Gasteiger partial charge in [-0.2, -0.15) is 0 Å². The van der Waals surface area contributed by atoms with Crippen LogP contribution in [-0.2, 0) is 11.8 Å². The van der Waals surface area contributed by atoms with Crippen LogP contribution in [0.1, 0.15) is 17.7 Å². The zero-order valence-corrected chi connectivity index (χ0v) is 20.2. The van der Waals surface area contributed by atoms with E-state index in [9.17, 15) is 9.59 Å². The highest BCUT2D eigenvalue weighted by molar-refractivity contribution is 8.01. The van der Waals surface area contributed by atoms with Crippen LogP contribution in [0.15, 0.2) is 63.7 Å². The quantitative estimate of drug-likeness (QED) is 0.361. The van der Waals surface area contributed by atoms with Crippen molar-refractivity contribution >= 4 is 45.5 Å². The number of rotatable bonds is 8. The molecule has 0 radical (unpaired) electrons. The van der Waals surface area contributed by atoms with Gasteiger partial charge in [0.05, 0.1) is 11.4 Å². The smallest absolute Gasteiger partial charge is 0.295 e. The van der Waals surface area contributed by atoms with E-state index < -0.39 is 0 Å². The van der Waals surface area contributed by atoms with Crippen LogP contribution in [0.25, 0.3) is 5.69 Å². The number of carbonyl (C=O) groups is 1. The summed E-state index contributed by atoms with van der Waals surface area (Å²) in [6.07, 6.45) is 0.254. The molecule has 2 aromatic heterocycles. The molecular weight excluding hydrogens is 456 g/mol. The molecule has 4 rings (SSSR count). The third-order valence-corrected chi connectivity index (χ3v) is 7.06. The van der Waals surface area contributed by atoms with Crippen molar-refractivity contribution in [2.75, 3.05) is 16.4 Å².